The van der Waals surface area contributed by atoms with Crippen molar-refractivity contribution in [3.63, 3.8) is 0 Å². The molecule has 0 heterocycles. The van der Waals surface area contributed by atoms with E-state index in [0.717, 1.165) is 24.6 Å². The van der Waals surface area contributed by atoms with Gasteiger partial charge in [-0.2, -0.15) is 0 Å². The maximum absolute atomic E-state index is 5.66. The predicted molar refractivity (Wildman–Crippen MR) is 83.0 cm³/mol. The van der Waals surface area contributed by atoms with Gasteiger partial charge in [-0.15, -0.1) is 0 Å². The van der Waals surface area contributed by atoms with E-state index >= 15 is 0 Å². The lowest BCUT2D eigenvalue weighted by Gasteiger charge is -2.25. The van der Waals surface area contributed by atoms with Gasteiger partial charge in [0.1, 0.15) is 5.75 Å². The summed E-state index contributed by atoms with van der Waals surface area (Å²) in [6.45, 7) is 12.0. The van der Waals surface area contributed by atoms with Gasteiger partial charge in [0.05, 0.1) is 7.11 Å². The summed E-state index contributed by atoms with van der Waals surface area (Å²) in [7, 11) is 1.78. The van der Waals surface area contributed by atoms with Gasteiger partial charge in [0.2, 0.25) is 0 Å². The van der Waals surface area contributed by atoms with E-state index in [1.165, 1.54) is 23.1 Å². The van der Waals surface area contributed by atoms with Crippen molar-refractivity contribution in [1.82, 2.24) is 5.32 Å². The summed E-state index contributed by atoms with van der Waals surface area (Å²) >= 11 is 0. The Hall–Kier alpha value is -1.02. The van der Waals surface area contributed by atoms with Crippen molar-refractivity contribution in [2.45, 2.75) is 53.5 Å². The van der Waals surface area contributed by atoms with Crippen LogP contribution in [0.1, 0.15) is 56.3 Å². The molecule has 0 fully saturated rings. The molecule has 2 unspecified atom stereocenters. The second-order valence-electron chi connectivity index (χ2n) is 5.49. The summed E-state index contributed by atoms with van der Waals surface area (Å²) in [4.78, 5) is 0. The van der Waals surface area contributed by atoms with Gasteiger partial charge >= 0.3 is 0 Å². The second kappa shape index (κ2) is 7.54. The van der Waals surface area contributed by atoms with Crippen LogP contribution in [-0.4, -0.2) is 13.7 Å². The summed E-state index contributed by atoms with van der Waals surface area (Å²) in [5.41, 5.74) is 3.85. The van der Waals surface area contributed by atoms with Gasteiger partial charge < -0.3 is 10.1 Å². The SMILES string of the molecule is CCNC(CC(C)CC)c1ccc(C)c(C)c1OC. The topological polar surface area (TPSA) is 21.3 Å². The molecule has 1 N–H and O–H groups in total. The molecule has 0 aliphatic carbocycles. The number of hydrogen-bond acceptors (Lipinski definition) is 2. The summed E-state index contributed by atoms with van der Waals surface area (Å²) in [5.74, 6) is 1.77. The minimum Gasteiger partial charge on any atom is -0.496 e. The molecule has 108 valence electrons. The normalized spacial score (nSPS) is 14.2. The van der Waals surface area contributed by atoms with Gasteiger partial charge in [0.15, 0.2) is 0 Å². The van der Waals surface area contributed by atoms with Crippen LogP contribution in [0.25, 0.3) is 0 Å². The monoisotopic (exact) mass is 263 g/mol. The molecule has 0 saturated carbocycles. The van der Waals surface area contributed by atoms with E-state index in [2.05, 4.69) is 52.1 Å². The Balaban J connectivity index is 3.11. The second-order valence-corrected chi connectivity index (χ2v) is 5.49. The van der Waals surface area contributed by atoms with Crippen molar-refractivity contribution in [3.8, 4) is 5.75 Å². The number of rotatable bonds is 7. The molecule has 0 aliphatic rings. The number of nitrogens with one attached hydrogen (secondary N) is 1. The lowest BCUT2D eigenvalue weighted by atomic mass is 9.91. The molecule has 1 aromatic rings. The zero-order valence-corrected chi connectivity index (χ0v) is 13.3. The van der Waals surface area contributed by atoms with Gasteiger partial charge in [-0.25, -0.2) is 0 Å². The van der Waals surface area contributed by atoms with E-state index in [1.54, 1.807) is 7.11 Å². The number of hydrogen-bond donors (Lipinski definition) is 1. The minimum atomic E-state index is 0.384. The van der Waals surface area contributed by atoms with Crippen LogP contribution in [0.15, 0.2) is 12.1 Å². The lowest BCUT2D eigenvalue weighted by molar-refractivity contribution is 0.372. The molecule has 0 aromatic heterocycles. The van der Waals surface area contributed by atoms with Gasteiger partial charge in [-0.05, 0) is 43.9 Å². The van der Waals surface area contributed by atoms with Crippen molar-refractivity contribution >= 4 is 0 Å². The average molecular weight is 263 g/mol. The Morgan fingerprint density at radius 1 is 1.21 bits per heavy atom. The highest BCUT2D eigenvalue weighted by Crippen LogP contribution is 2.34. The first-order chi connectivity index (χ1) is 9.04. The number of ether oxygens (including phenoxy) is 1. The van der Waals surface area contributed by atoms with Gasteiger partial charge in [-0.3, -0.25) is 0 Å². The summed E-state index contributed by atoms with van der Waals surface area (Å²) in [6, 6.07) is 4.81. The third-order valence-electron chi connectivity index (χ3n) is 4.07. The first kappa shape index (κ1) is 16.0. The van der Waals surface area contributed by atoms with Crippen LogP contribution in [0.3, 0.4) is 0 Å². The molecule has 0 spiro atoms. The van der Waals surface area contributed by atoms with Crippen LogP contribution in [0.5, 0.6) is 5.75 Å². The first-order valence-corrected chi connectivity index (χ1v) is 7.42. The molecule has 0 radical (unpaired) electrons. The maximum atomic E-state index is 5.66. The summed E-state index contributed by atoms with van der Waals surface area (Å²) in [6.07, 6.45) is 2.37. The molecule has 2 nitrogen and oxygen atoms in total. The van der Waals surface area contributed by atoms with Gasteiger partial charge in [0, 0.05) is 11.6 Å². The molecule has 0 amide bonds. The van der Waals surface area contributed by atoms with E-state index in [-0.39, 0.29) is 0 Å². The zero-order valence-electron chi connectivity index (χ0n) is 13.3. The molecular formula is C17H29NO. The fourth-order valence-electron chi connectivity index (χ4n) is 2.49. The Kier molecular flexibility index (Phi) is 6.36. The quantitative estimate of drug-likeness (QED) is 0.787. The van der Waals surface area contributed by atoms with Crippen molar-refractivity contribution in [1.29, 1.82) is 0 Å². The molecule has 0 bridgehead atoms. The summed E-state index contributed by atoms with van der Waals surface area (Å²) < 4.78 is 5.66. The van der Waals surface area contributed by atoms with Crippen molar-refractivity contribution < 1.29 is 4.74 Å². The van der Waals surface area contributed by atoms with Crippen LogP contribution < -0.4 is 10.1 Å². The van der Waals surface area contributed by atoms with E-state index < -0.39 is 0 Å². The average Bonchev–Trinajstić information content (AvgIpc) is 2.41. The van der Waals surface area contributed by atoms with Crippen molar-refractivity contribution in [2.75, 3.05) is 13.7 Å². The van der Waals surface area contributed by atoms with Crippen LogP contribution in [0.4, 0.5) is 0 Å². The molecule has 1 rings (SSSR count). The highest BCUT2D eigenvalue weighted by Gasteiger charge is 2.19. The van der Waals surface area contributed by atoms with Crippen molar-refractivity contribution in [2.24, 2.45) is 5.92 Å². The highest BCUT2D eigenvalue weighted by molar-refractivity contribution is 5.46. The molecule has 19 heavy (non-hydrogen) atoms. The van der Waals surface area contributed by atoms with Crippen molar-refractivity contribution in [3.05, 3.63) is 28.8 Å². The van der Waals surface area contributed by atoms with E-state index in [9.17, 15) is 0 Å². The van der Waals surface area contributed by atoms with E-state index in [4.69, 9.17) is 4.74 Å². The molecular weight excluding hydrogens is 234 g/mol. The Morgan fingerprint density at radius 3 is 2.42 bits per heavy atom. The number of methoxy groups -OCH3 is 1. The molecule has 1 aromatic carbocycles. The van der Waals surface area contributed by atoms with E-state index in [1.807, 2.05) is 0 Å². The predicted octanol–water partition coefficient (Wildman–Crippen LogP) is 4.40. The van der Waals surface area contributed by atoms with Crippen LogP contribution in [0.2, 0.25) is 0 Å². The molecule has 2 heteroatoms. The highest BCUT2D eigenvalue weighted by atomic mass is 16.5. The Labute approximate surface area is 118 Å². The Morgan fingerprint density at radius 2 is 1.89 bits per heavy atom. The van der Waals surface area contributed by atoms with E-state index in [0.29, 0.717) is 6.04 Å². The lowest BCUT2D eigenvalue weighted by Crippen LogP contribution is -2.23. The zero-order chi connectivity index (χ0) is 14.4. The fourth-order valence-corrected chi connectivity index (χ4v) is 2.49. The standard InChI is InChI=1S/C17H29NO/c1-7-12(3)11-16(18-8-2)15-10-9-13(4)14(5)17(15)19-6/h9-10,12,16,18H,7-8,11H2,1-6H3. The molecule has 0 aliphatic heterocycles. The van der Waals surface area contributed by atoms with Crippen LogP contribution in [0, 0.1) is 19.8 Å². The largest absolute Gasteiger partial charge is 0.496 e. The van der Waals surface area contributed by atoms with Crippen LogP contribution in [-0.2, 0) is 0 Å². The number of aryl methyl sites for hydroxylation is 1. The van der Waals surface area contributed by atoms with Gasteiger partial charge in [0.25, 0.3) is 0 Å². The third kappa shape index (κ3) is 3.97. The Bertz CT molecular complexity index is 400. The first-order valence-electron chi connectivity index (χ1n) is 7.42. The van der Waals surface area contributed by atoms with Crippen LogP contribution >= 0.6 is 0 Å². The fraction of sp³-hybridized carbons (Fsp3) is 0.647. The maximum Gasteiger partial charge on any atom is 0.126 e. The minimum absolute atomic E-state index is 0.384. The summed E-state index contributed by atoms with van der Waals surface area (Å²) in [5, 5.41) is 3.61. The number of benzene rings is 1. The smallest absolute Gasteiger partial charge is 0.126 e. The third-order valence-corrected chi connectivity index (χ3v) is 4.07. The molecule has 2 atom stereocenters. The van der Waals surface area contributed by atoms with Gasteiger partial charge in [-0.1, -0.05) is 39.3 Å². The molecule has 0 saturated heterocycles.